The number of rotatable bonds is 6. The van der Waals surface area contributed by atoms with Crippen LogP contribution < -0.4 is 0 Å². The Labute approximate surface area is 144 Å². The maximum atomic E-state index is 12.7. The van der Waals surface area contributed by atoms with Gasteiger partial charge in [-0.2, -0.15) is 0 Å². The molecule has 1 aromatic carbocycles. The standard InChI is InChI=1S/C20H28N2O2/c1-3-21(4-2)17(23)11-12-18(24)22-15-20(13-8-14-20)19(22)16-9-6-5-7-10-16/h5-7,9-10,19H,3-4,8,11-15H2,1-2H3. The number of carbonyl (C=O) groups excluding carboxylic acids is 2. The molecule has 1 aliphatic heterocycles. The van der Waals surface area contributed by atoms with Crippen LogP contribution in [0.3, 0.4) is 0 Å². The molecule has 0 N–H and O–H groups in total. The van der Waals surface area contributed by atoms with Crippen molar-refractivity contribution in [2.45, 2.75) is 52.0 Å². The fourth-order valence-electron chi connectivity index (χ4n) is 4.29. The highest BCUT2D eigenvalue weighted by atomic mass is 16.2. The molecule has 2 amide bonds. The molecular formula is C20H28N2O2. The quantitative estimate of drug-likeness (QED) is 0.803. The van der Waals surface area contributed by atoms with Crippen molar-refractivity contribution >= 4 is 11.8 Å². The first-order valence-corrected chi connectivity index (χ1v) is 9.23. The molecule has 1 spiro atoms. The molecular weight excluding hydrogens is 300 g/mol. The van der Waals surface area contributed by atoms with Gasteiger partial charge in [-0.05, 0) is 32.3 Å². The maximum Gasteiger partial charge on any atom is 0.223 e. The van der Waals surface area contributed by atoms with Gasteiger partial charge in [-0.1, -0.05) is 36.8 Å². The third-order valence-electron chi connectivity index (χ3n) is 5.83. The Hall–Kier alpha value is -1.84. The van der Waals surface area contributed by atoms with Crippen molar-refractivity contribution in [2.24, 2.45) is 5.41 Å². The molecule has 0 radical (unpaired) electrons. The third-order valence-corrected chi connectivity index (χ3v) is 5.83. The van der Waals surface area contributed by atoms with Crippen LogP contribution in [0.1, 0.15) is 57.6 Å². The van der Waals surface area contributed by atoms with Crippen LogP contribution in [0.5, 0.6) is 0 Å². The van der Waals surface area contributed by atoms with Gasteiger partial charge in [-0.3, -0.25) is 9.59 Å². The number of benzene rings is 1. The predicted octanol–water partition coefficient (Wildman–Crippen LogP) is 3.39. The Morgan fingerprint density at radius 3 is 2.33 bits per heavy atom. The van der Waals surface area contributed by atoms with Crippen molar-refractivity contribution in [3.63, 3.8) is 0 Å². The van der Waals surface area contributed by atoms with Gasteiger partial charge in [-0.15, -0.1) is 0 Å². The van der Waals surface area contributed by atoms with Gasteiger partial charge in [0.05, 0.1) is 6.04 Å². The van der Waals surface area contributed by atoms with E-state index >= 15 is 0 Å². The zero-order valence-electron chi connectivity index (χ0n) is 14.8. The first-order chi connectivity index (χ1) is 11.6. The van der Waals surface area contributed by atoms with Crippen molar-refractivity contribution in [2.75, 3.05) is 19.6 Å². The molecule has 2 aliphatic rings. The Morgan fingerprint density at radius 2 is 1.79 bits per heavy atom. The molecule has 4 heteroatoms. The predicted molar refractivity (Wildman–Crippen MR) is 94.3 cm³/mol. The average Bonchev–Trinajstić information content (AvgIpc) is 2.53. The summed E-state index contributed by atoms with van der Waals surface area (Å²) in [6, 6.07) is 10.6. The average molecular weight is 328 g/mol. The number of hydrogen-bond acceptors (Lipinski definition) is 2. The van der Waals surface area contributed by atoms with Crippen LogP contribution in [0, 0.1) is 5.41 Å². The Balaban J connectivity index is 1.63. The van der Waals surface area contributed by atoms with Gasteiger partial charge >= 0.3 is 0 Å². The van der Waals surface area contributed by atoms with Gasteiger partial charge in [-0.25, -0.2) is 0 Å². The number of likely N-dealkylation sites (tertiary alicyclic amines) is 1. The van der Waals surface area contributed by atoms with E-state index in [2.05, 4.69) is 12.1 Å². The molecule has 1 aromatic rings. The van der Waals surface area contributed by atoms with Crippen LogP contribution in [-0.2, 0) is 9.59 Å². The number of amides is 2. The zero-order chi connectivity index (χ0) is 17.2. The second kappa shape index (κ2) is 6.96. The fourth-order valence-corrected chi connectivity index (χ4v) is 4.29. The minimum absolute atomic E-state index is 0.0866. The Morgan fingerprint density at radius 1 is 1.12 bits per heavy atom. The van der Waals surface area contributed by atoms with Crippen molar-refractivity contribution < 1.29 is 9.59 Å². The topological polar surface area (TPSA) is 40.6 Å². The molecule has 3 rings (SSSR count). The first kappa shape index (κ1) is 17.0. The van der Waals surface area contributed by atoms with Gasteiger partial charge in [0.2, 0.25) is 11.8 Å². The fraction of sp³-hybridized carbons (Fsp3) is 0.600. The third kappa shape index (κ3) is 2.94. The second-order valence-corrected chi connectivity index (χ2v) is 7.12. The Bertz CT molecular complexity index is 591. The summed E-state index contributed by atoms with van der Waals surface area (Å²) < 4.78 is 0. The van der Waals surface area contributed by atoms with E-state index in [0.29, 0.717) is 31.3 Å². The lowest BCUT2D eigenvalue weighted by Gasteiger charge is -2.62. The number of nitrogens with zero attached hydrogens (tertiary/aromatic N) is 2. The van der Waals surface area contributed by atoms with Gasteiger partial charge in [0.1, 0.15) is 0 Å². The van der Waals surface area contributed by atoms with E-state index in [9.17, 15) is 9.59 Å². The second-order valence-electron chi connectivity index (χ2n) is 7.12. The van der Waals surface area contributed by atoms with E-state index < -0.39 is 0 Å². The van der Waals surface area contributed by atoms with E-state index in [1.54, 1.807) is 4.90 Å². The molecule has 1 atom stereocenters. The smallest absolute Gasteiger partial charge is 0.223 e. The highest BCUT2D eigenvalue weighted by Gasteiger charge is 2.57. The Kier molecular flexibility index (Phi) is 4.93. The SMILES string of the molecule is CCN(CC)C(=O)CCC(=O)N1CC2(CCC2)C1c1ccccc1. The summed E-state index contributed by atoms with van der Waals surface area (Å²) in [7, 11) is 0. The summed E-state index contributed by atoms with van der Waals surface area (Å²) in [5.74, 6) is 0.213. The minimum atomic E-state index is 0.0866. The minimum Gasteiger partial charge on any atom is -0.343 e. The molecule has 24 heavy (non-hydrogen) atoms. The van der Waals surface area contributed by atoms with Gasteiger partial charge in [0.25, 0.3) is 0 Å². The largest absolute Gasteiger partial charge is 0.343 e. The summed E-state index contributed by atoms with van der Waals surface area (Å²) in [5.41, 5.74) is 1.55. The monoisotopic (exact) mass is 328 g/mol. The summed E-state index contributed by atoms with van der Waals surface area (Å²) in [5, 5.41) is 0. The molecule has 130 valence electrons. The van der Waals surface area contributed by atoms with Crippen LogP contribution in [0.2, 0.25) is 0 Å². The lowest BCUT2D eigenvalue weighted by Crippen LogP contribution is -2.63. The van der Waals surface area contributed by atoms with Crippen LogP contribution in [0.25, 0.3) is 0 Å². The zero-order valence-corrected chi connectivity index (χ0v) is 14.8. The van der Waals surface area contributed by atoms with Crippen molar-refractivity contribution in [1.29, 1.82) is 0 Å². The highest BCUT2D eigenvalue weighted by Crippen LogP contribution is 2.60. The van der Waals surface area contributed by atoms with Gasteiger partial charge < -0.3 is 9.80 Å². The van der Waals surface area contributed by atoms with E-state index in [4.69, 9.17) is 0 Å². The van der Waals surface area contributed by atoms with E-state index in [0.717, 1.165) is 6.54 Å². The van der Waals surface area contributed by atoms with Crippen molar-refractivity contribution in [3.05, 3.63) is 35.9 Å². The van der Waals surface area contributed by atoms with Crippen LogP contribution in [0.15, 0.2) is 30.3 Å². The lowest BCUT2D eigenvalue weighted by atomic mass is 9.56. The molecule has 0 aromatic heterocycles. The molecule has 1 unspecified atom stereocenters. The first-order valence-electron chi connectivity index (χ1n) is 9.23. The maximum absolute atomic E-state index is 12.7. The summed E-state index contributed by atoms with van der Waals surface area (Å²) in [4.78, 5) is 28.6. The summed E-state index contributed by atoms with van der Waals surface area (Å²) in [6.45, 7) is 6.24. The van der Waals surface area contributed by atoms with Crippen LogP contribution in [-0.4, -0.2) is 41.2 Å². The summed E-state index contributed by atoms with van der Waals surface area (Å²) in [6.07, 6.45) is 4.36. The van der Waals surface area contributed by atoms with Crippen molar-refractivity contribution in [3.8, 4) is 0 Å². The van der Waals surface area contributed by atoms with Crippen LogP contribution >= 0.6 is 0 Å². The number of hydrogen-bond donors (Lipinski definition) is 0. The van der Waals surface area contributed by atoms with Crippen LogP contribution in [0.4, 0.5) is 0 Å². The molecule has 1 aliphatic carbocycles. The molecule has 4 nitrogen and oxygen atoms in total. The molecule has 1 heterocycles. The summed E-state index contributed by atoms with van der Waals surface area (Å²) >= 11 is 0. The van der Waals surface area contributed by atoms with Crippen molar-refractivity contribution in [1.82, 2.24) is 9.80 Å². The molecule has 0 bridgehead atoms. The van der Waals surface area contributed by atoms with E-state index in [-0.39, 0.29) is 17.9 Å². The number of carbonyl (C=O) groups is 2. The molecule has 2 fully saturated rings. The normalized spacial score (nSPS) is 21.1. The molecule has 1 saturated carbocycles. The van der Waals surface area contributed by atoms with Gasteiger partial charge in [0.15, 0.2) is 0 Å². The van der Waals surface area contributed by atoms with E-state index in [1.807, 2.05) is 36.9 Å². The molecule has 1 saturated heterocycles. The lowest BCUT2D eigenvalue weighted by molar-refractivity contribution is -0.169. The van der Waals surface area contributed by atoms with Gasteiger partial charge in [0, 0.05) is 37.9 Å². The van der Waals surface area contributed by atoms with E-state index in [1.165, 1.54) is 24.8 Å². The highest BCUT2D eigenvalue weighted by molar-refractivity contribution is 5.84.